The Hall–Kier alpha value is -0.870. The van der Waals surface area contributed by atoms with Crippen molar-refractivity contribution in [3.05, 3.63) is 51.4 Å². The van der Waals surface area contributed by atoms with E-state index in [0.717, 1.165) is 5.76 Å². The topological polar surface area (TPSA) is 34.4 Å². The first kappa shape index (κ1) is 14.5. The molecule has 1 N–H and O–H groups in total. The molecule has 19 heavy (non-hydrogen) atoms. The molecule has 2 aromatic rings. The number of hydrogen-bond acceptors (Lipinski definition) is 3. The fourth-order valence-corrected chi connectivity index (χ4v) is 2.06. The molecule has 0 atom stereocenters. The van der Waals surface area contributed by atoms with Gasteiger partial charge in [0.1, 0.15) is 18.1 Å². The molecule has 0 saturated heterocycles. The lowest BCUT2D eigenvalue weighted by Gasteiger charge is -2.09. The third-order valence-electron chi connectivity index (χ3n) is 2.39. The van der Waals surface area contributed by atoms with E-state index in [2.05, 4.69) is 5.32 Å². The Bertz CT molecular complexity index is 529. The van der Waals surface area contributed by atoms with Gasteiger partial charge in [0.25, 0.3) is 0 Å². The first-order valence-corrected chi connectivity index (χ1v) is 6.80. The van der Waals surface area contributed by atoms with Crippen LogP contribution < -0.4 is 10.1 Å². The molecule has 3 nitrogen and oxygen atoms in total. The molecule has 6 heteroatoms. The van der Waals surface area contributed by atoms with E-state index in [0.29, 0.717) is 40.5 Å². The van der Waals surface area contributed by atoms with Gasteiger partial charge in [0, 0.05) is 12.6 Å². The Balaban J connectivity index is 1.75. The second-order valence-electron chi connectivity index (χ2n) is 3.80. The zero-order valence-corrected chi connectivity index (χ0v) is 12.2. The summed E-state index contributed by atoms with van der Waals surface area (Å²) in [5, 5.41) is 4.46. The van der Waals surface area contributed by atoms with E-state index in [4.69, 9.17) is 44.0 Å². The van der Waals surface area contributed by atoms with Crippen LogP contribution >= 0.6 is 34.8 Å². The van der Waals surface area contributed by atoms with Crippen LogP contribution in [-0.2, 0) is 6.54 Å². The van der Waals surface area contributed by atoms with Crippen LogP contribution in [0.3, 0.4) is 0 Å². The first-order valence-electron chi connectivity index (χ1n) is 5.67. The number of nitrogens with one attached hydrogen (secondary N) is 1. The summed E-state index contributed by atoms with van der Waals surface area (Å²) in [4.78, 5) is 0. The van der Waals surface area contributed by atoms with Gasteiger partial charge in [-0.1, -0.05) is 34.8 Å². The van der Waals surface area contributed by atoms with Gasteiger partial charge in [-0.15, -0.1) is 0 Å². The SMILES string of the molecule is Clc1cc(Cl)c(OCCNCc2ccco2)cc1Cl. The lowest BCUT2D eigenvalue weighted by molar-refractivity contribution is 0.311. The second kappa shape index (κ2) is 7.06. The maximum Gasteiger partial charge on any atom is 0.139 e. The Morgan fingerprint density at radius 2 is 1.89 bits per heavy atom. The molecule has 1 aromatic carbocycles. The van der Waals surface area contributed by atoms with Crippen LogP contribution in [0.5, 0.6) is 5.75 Å². The van der Waals surface area contributed by atoms with Crippen molar-refractivity contribution >= 4 is 34.8 Å². The van der Waals surface area contributed by atoms with Crippen LogP contribution in [0.4, 0.5) is 0 Å². The predicted octanol–water partition coefficient (Wildman–Crippen LogP) is 4.41. The van der Waals surface area contributed by atoms with Gasteiger partial charge in [0.15, 0.2) is 0 Å². The number of hydrogen-bond donors (Lipinski definition) is 1. The molecule has 0 amide bonds. The molecule has 0 aliphatic carbocycles. The molecular formula is C13H12Cl3NO2. The van der Waals surface area contributed by atoms with Crippen LogP contribution in [0.15, 0.2) is 34.9 Å². The lowest BCUT2D eigenvalue weighted by Crippen LogP contribution is -2.20. The van der Waals surface area contributed by atoms with Crippen molar-refractivity contribution < 1.29 is 9.15 Å². The lowest BCUT2D eigenvalue weighted by atomic mass is 10.3. The third kappa shape index (κ3) is 4.32. The third-order valence-corrected chi connectivity index (χ3v) is 3.41. The summed E-state index contributed by atoms with van der Waals surface area (Å²) in [6.07, 6.45) is 1.64. The number of ether oxygens (including phenoxy) is 1. The zero-order chi connectivity index (χ0) is 13.7. The molecule has 0 unspecified atom stereocenters. The smallest absolute Gasteiger partial charge is 0.139 e. The van der Waals surface area contributed by atoms with Crippen molar-refractivity contribution in [3.8, 4) is 5.75 Å². The highest BCUT2D eigenvalue weighted by atomic mass is 35.5. The van der Waals surface area contributed by atoms with E-state index in [1.165, 1.54) is 0 Å². The molecule has 102 valence electrons. The molecule has 1 aromatic heterocycles. The van der Waals surface area contributed by atoms with Gasteiger partial charge in [-0.2, -0.15) is 0 Å². The summed E-state index contributed by atoms with van der Waals surface area (Å²) in [6.45, 7) is 1.79. The minimum Gasteiger partial charge on any atom is -0.491 e. The summed E-state index contributed by atoms with van der Waals surface area (Å²) < 4.78 is 10.7. The minimum atomic E-state index is 0.412. The van der Waals surface area contributed by atoms with Crippen LogP contribution in [0.2, 0.25) is 15.1 Å². The Morgan fingerprint density at radius 3 is 2.63 bits per heavy atom. The maximum absolute atomic E-state index is 5.99. The molecule has 0 spiro atoms. The van der Waals surface area contributed by atoms with Crippen molar-refractivity contribution in [2.24, 2.45) is 0 Å². The molecule has 0 saturated carbocycles. The normalized spacial score (nSPS) is 10.7. The number of furan rings is 1. The zero-order valence-electron chi connectivity index (χ0n) is 9.96. The predicted molar refractivity (Wildman–Crippen MR) is 77.4 cm³/mol. The van der Waals surface area contributed by atoms with Gasteiger partial charge in [-0.3, -0.25) is 0 Å². The molecule has 0 bridgehead atoms. The number of benzene rings is 1. The quantitative estimate of drug-likeness (QED) is 0.632. The van der Waals surface area contributed by atoms with Crippen molar-refractivity contribution in [1.82, 2.24) is 5.32 Å². The Kier molecular flexibility index (Phi) is 5.40. The number of rotatable bonds is 6. The summed E-state index contributed by atoms with van der Waals surface area (Å²) >= 11 is 17.7. The van der Waals surface area contributed by atoms with E-state index >= 15 is 0 Å². The number of halogens is 3. The van der Waals surface area contributed by atoms with Crippen molar-refractivity contribution in [2.75, 3.05) is 13.2 Å². The van der Waals surface area contributed by atoms with E-state index in [1.54, 1.807) is 18.4 Å². The Morgan fingerprint density at radius 1 is 1.11 bits per heavy atom. The van der Waals surface area contributed by atoms with Gasteiger partial charge in [0.05, 0.1) is 27.9 Å². The average molecular weight is 321 g/mol. The fraction of sp³-hybridized carbons (Fsp3) is 0.231. The van der Waals surface area contributed by atoms with Crippen LogP contribution in [-0.4, -0.2) is 13.2 Å². The van der Waals surface area contributed by atoms with Gasteiger partial charge in [-0.25, -0.2) is 0 Å². The first-order chi connectivity index (χ1) is 9.16. The van der Waals surface area contributed by atoms with Crippen LogP contribution in [0, 0.1) is 0 Å². The van der Waals surface area contributed by atoms with E-state index in [1.807, 2.05) is 12.1 Å². The summed E-state index contributed by atoms with van der Waals surface area (Å²) in [5.74, 6) is 1.41. The summed E-state index contributed by atoms with van der Waals surface area (Å²) in [5.41, 5.74) is 0. The van der Waals surface area contributed by atoms with Gasteiger partial charge in [-0.05, 0) is 18.2 Å². The monoisotopic (exact) mass is 319 g/mol. The molecular weight excluding hydrogens is 309 g/mol. The average Bonchev–Trinajstić information content (AvgIpc) is 2.88. The molecule has 2 rings (SSSR count). The Labute approximate surface area is 126 Å². The molecule has 1 heterocycles. The van der Waals surface area contributed by atoms with Gasteiger partial charge in [0.2, 0.25) is 0 Å². The van der Waals surface area contributed by atoms with Gasteiger partial charge < -0.3 is 14.5 Å². The maximum atomic E-state index is 5.99. The van der Waals surface area contributed by atoms with Crippen LogP contribution in [0.25, 0.3) is 0 Å². The molecule has 0 aliphatic heterocycles. The van der Waals surface area contributed by atoms with Crippen molar-refractivity contribution in [2.45, 2.75) is 6.54 Å². The van der Waals surface area contributed by atoms with E-state index in [-0.39, 0.29) is 0 Å². The van der Waals surface area contributed by atoms with E-state index in [9.17, 15) is 0 Å². The highest BCUT2D eigenvalue weighted by Crippen LogP contribution is 2.33. The summed E-state index contributed by atoms with van der Waals surface area (Å²) in [7, 11) is 0. The van der Waals surface area contributed by atoms with Gasteiger partial charge >= 0.3 is 0 Å². The molecule has 0 fully saturated rings. The fourth-order valence-electron chi connectivity index (χ4n) is 1.47. The van der Waals surface area contributed by atoms with Crippen molar-refractivity contribution in [1.29, 1.82) is 0 Å². The summed E-state index contributed by atoms with van der Waals surface area (Å²) in [6, 6.07) is 6.93. The highest BCUT2D eigenvalue weighted by molar-refractivity contribution is 6.43. The standard InChI is InChI=1S/C13H12Cl3NO2/c14-10-6-12(16)13(7-11(10)15)19-5-3-17-8-9-2-1-4-18-9/h1-2,4,6-7,17H,3,5,8H2. The van der Waals surface area contributed by atoms with Crippen molar-refractivity contribution in [3.63, 3.8) is 0 Å². The second-order valence-corrected chi connectivity index (χ2v) is 5.02. The molecule has 0 aliphatic rings. The van der Waals surface area contributed by atoms with E-state index < -0.39 is 0 Å². The highest BCUT2D eigenvalue weighted by Gasteiger charge is 2.06. The molecule has 0 radical (unpaired) electrons. The largest absolute Gasteiger partial charge is 0.491 e. The minimum absolute atomic E-state index is 0.412. The van der Waals surface area contributed by atoms with Crippen LogP contribution in [0.1, 0.15) is 5.76 Å².